The number of nitrogens with two attached hydrogens (primary N) is 1. The van der Waals surface area contributed by atoms with E-state index in [0.29, 0.717) is 11.9 Å². The average Bonchev–Trinajstić information content (AvgIpc) is 3.38. The van der Waals surface area contributed by atoms with Crippen LogP contribution in [0.5, 0.6) is 0 Å². The van der Waals surface area contributed by atoms with E-state index in [9.17, 15) is 0 Å². The van der Waals surface area contributed by atoms with Crippen LogP contribution in [0.4, 0.5) is 5.82 Å². The van der Waals surface area contributed by atoms with Gasteiger partial charge in [0.05, 0.1) is 5.52 Å². The summed E-state index contributed by atoms with van der Waals surface area (Å²) in [6.07, 6.45) is 11.6. The minimum Gasteiger partial charge on any atom is -0.384 e. The van der Waals surface area contributed by atoms with Crippen LogP contribution < -0.4 is 5.73 Å². The van der Waals surface area contributed by atoms with Gasteiger partial charge in [0.1, 0.15) is 17.8 Å². The lowest BCUT2D eigenvalue weighted by atomic mass is 9.97. The summed E-state index contributed by atoms with van der Waals surface area (Å²) in [5.41, 5.74) is 9.20. The summed E-state index contributed by atoms with van der Waals surface area (Å²) in [4.78, 5) is 13.1. The smallest absolute Gasteiger partial charge is 0.156 e. The van der Waals surface area contributed by atoms with E-state index in [2.05, 4.69) is 59.8 Å². The highest BCUT2D eigenvalue weighted by Crippen LogP contribution is 2.39. The zero-order valence-electron chi connectivity index (χ0n) is 18.9. The molecule has 0 spiro atoms. The van der Waals surface area contributed by atoms with Crippen LogP contribution in [0.1, 0.15) is 51.1 Å². The Morgan fingerprint density at radius 3 is 2.73 bits per heavy atom. The number of rotatable bonds is 4. The molecule has 174 valence electrons. The van der Waals surface area contributed by atoms with Gasteiger partial charge in [-0.25, -0.2) is 15.0 Å². The number of fused-ring (bicyclic) bond motifs is 2. The minimum atomic E-state index is -1.50. The van der Waals surface area contributed by atoms with Gasteiger partial charge in [0.25, 0.3) is 0 Å². The van der Waals surface area contributed by atoms with Crippen molar-refractivity contribution < 1.29 is 10.2 Å². The third-order valence-electron chi connectivity index (χ3n) is 5.99. The Morgan fingerprint density at radius 2 is 1.94 bits per heavy atom. The maximum Gasteiger partial charge on any atom is 0.156 e. The van der Waals surface area contributed by atoms with Gasteiger partial charge in [0.2, 0.25) is 0 Å². The van der Waals surface area contributed by atoms with E-state index in [-0.39, 0.29) is 0 Å². The van der Waals surface area contributed by atoms with E-state index in [1.807, 2.05) is 18.3 Å². The second kappa shape index (κ2) is 9.75. The summed E-state index contributed by atoms with van der Waals surface area (Å²) in [6.45, 7) is 2.60. The fourth-order valence-electron chi connectivity index (χ4n) is 4.51. The number of halogens is 1. The van der Waals surface area contributed by atoms with Crippen molar-refractivity contribution in [1.29, 1.82) is 0 Å². The Labute approximate surface area is 201 Å². The zero-order valence-corrected chi connectivity index (χ0v) is 20.5. The first-order valence-corrected chi connectivity index (χ1v) is 12.0. The number of pyridine rings is 1. The van der Waals surface area contributed by atoms with Crippen LogP contribution in [0.3, 0.4) is 0 Å². The maximum absolute atomic E-state index is 8.08. The highest BCUT2D eigenvalue weighted by molar-refractivity contribution is 9.10. The molecule has 0 saturated heterocycles. The number of aliphatic hydroxyl groups is 2. The third-order valence-corrected chi connectivity index (χ3v) is 6.72. The Balaban J connectivity index is 0.000000471. The van der Waals surface area contributed by atoms with Gasteiger partial charge in [-0.05, 0) is 87.8 Å². The Hall–Kier alpha value is -2.55. The molecule has 8 heteroatoms. The quantitative estimate of drug-likeness (QED) is 0.332. The summed E-state index contributed by atoms with van der Waals surface area (Å²) < 4.78 is 3.50. The SMILES string of the molecule is CC(C)(O)O.Nc1ccc2cc(Br)c(CCC3CCC(n4ccc5cncnc54)C3)cc2n1. The predicted molar refractivity (Wildman–Crippen MR) is 135 cm³/mol. The van der Waals surface area contributed by atoms with E-state index in [1.165, 1.54) is 45.1 Å². The largest absolute Gasteiger partial charge is 0.384 e. The number of nitrogen functional groups attached to an aromatic ring is 1. The molecule has 0 radical (unpaired) electrons. The molecule has 0 aliphatic heterocycles. The van der Waals surface area contributed by atoms with Crippen molar-refractivity contribution in [1.82, 2.24) is 19.5 Å². The van der Waals surface area contributed by atoms with Crippen molar-refractivity contribution in [2.45, 2.75) is 57.8 Å². The van der Waals surface area contributed by atoms with Gasteiger partial charge in [0, 0.05) is 33.7 Å². The van der Waals surface area contributed by atoms with Gasteiger partial charge in [-0.1, -0.05) is 15.9 Å². The molecule has 1 aliphatic rings. The second-order valence-corrected chi connectivity index (χ2v) is 10.1. The highest BCUT2D eigenvalue weighted by atomic mass is 79.9. The van der Waals surface area contributed by atoms with Crippen LogP contribution in [0, 0.1) is 5.92 Å². The molecule has 7 nitrogen and oxygen atoms in total. The summed E-state index contributed by atoms with van der Waals surface area (Å²) in [6, 6.07) is 10.9. The van der Waals surface area contributed by atoms with Gasteiger partial charge in [-0.2, -0.15) is 0 Å². The molecule has 0 amide bonds. The van der Waals surface area contributed by atoms with Gasteiger partial charge in [-0.15, -0.1) is 0 Å². The van der Waals surface area contributed by atoms with E-state index in [1.54, 1.807) is 6.33 Å². The van der Waals surface area contributed by atoms with Crippen molar-refractivity contribution in [3.8, 4) is 0 Å². The molecule has 1 saturated carbocycles. The standard InChI is InChI=1S/C22H22BrN5.C3H8O2/c23-19-10-16-4-6-21(24)27-20(16)11-15(19)3-1-14-2-5-18(9-14)28-8-7-17-12-25-13-26-22(17)28;1-3(2,4)5/h4,6-8,10-14,18H,1-3,5,9H2,(H2,24,27);4-5H,1-2H3. The first-order chi connectivity index (χ1) is 15.7. The minimum absolute atomic E-state index is 0.541. The van der Waals surface area contributed by atoms with Crippen molar-refractivity contribution in [3.63, 3.8) is 0 Å². The molecule has 1 aliphatic carbocycles. The molecular formula is C25H30BrN5O2. The first-order valence-electron chi connectivity index (χ1n) is 11.2. The molecule has 33 heavy (non-hydrogen) atoms. The monoisotopic (exact) mass is 511 g/mol. The fraction of sp³-hybridized carbons (Fsp3) is 0.400. The van der Waals surface area contributed by atoms with Gasteiger partial charge in [-0.3, -0.25) is 0 Å². The number of benzene rings is 1. The molecule has 4 aromatic rings. The topological polar surface area (TPSA) is 110 Å². The van der Waals surface area contributed by atoms with Crippen molar-refractivity contribution in [3.05, 3.63) is 59.1 Å². The Kier molecular flexibility index (Phi) is 6.97. The lowest BCUT2D eigenvalue weighted by Crippen LogP contribution is -2.15. The number of anilines is 1. The molecule has 5 rings (SSSR count). The molecule has 4 N–H and O–H groups in total. The molecule has 0 bridgehead atoms. The Bertz CT molecular complexity index is 1240. The number of hydrogen-bond donors (Lipinski definition) is 3. The number of aromatic nitrogens is 4. The number of nitrogens with zero attached hydrogens (tertiary/aromatic N) is 4. The van der Waals surface area contributed by atoms with Crippen LogP contribution in [0.15, 0.2) is 53.5 Å². The highest BCUT2D eigenvalue weighted by Gasteiger charge is 2.26. The lowest BCUT2D eigenvalue weighted by Gasteiger charge is -2.15. The van der Waals surface area contributed by atoms with E-state index in [0.717, 1.165) is 38.7 Å². The van der Waals surface area contributed by atoms with Gasteiger partial charge in [0.15, 0.2) is 5.79 Å². The number of aryl methyl sites for hydroxylation is 1. The van der Waals surface area contributed by atoms with Crippen LogP contribution in [-0.4, -0.2) is 35.5 Å². The van der Waals surface area contributed by atoms with Crippen LogP contribution in [-0.2, 0) is 6.42 Å². The summed E-state index contributed by atoms with van der Waals surface area (Å²) in [5, 5.41) is 18.4. The molecule has 1 aromatic carbocycles. The fourth-order valence-corrected chi connectivity index (χ4v) is 5.07. The molecule has 1 fully saturated rings. The van der Waals surface area contributed by atoms with E-state index >= 15 is 0 Å². The molecule has 3 aromatic heterocycles. The van der Waals surface area contributed by atoms with Crippen LogP contribution in [0.25, 0.3) is 21.9 Å². The normalized spacial score (nSPS) is 18.5. The summed E-state index contributed by atoms with van der Waals surface area (Å²) in [5.74, 6) is -0.192. The van der Waals surface area contributed by atoms with Crippen molar-refractivity contribution >= 4 is 43.7 Å². The average molecular weight is 512 g/mol. The first kappa shape index (κ1) is 23.6. The maximum atomic E-state index is 8.08. The predicted octanol–water partition coefficient (Wildman–Crippen LogP) is 5.01. The summed E-state index contributed by atoms with van der Waals surface area (Å²) in [7, 11) is 0. The molecule has 2 atom stereocenters. The van der Waals surface area contributed by atoms with Crippen LogP contribution in [0.2, 0.25) is 0 Å². The lowest BCUT2D eigenvalue weighted by molar-refractivity contribution is -0.127. The van der Waals surface area contributed by atoms with Crippen molar-refractivity contribution in [2.24, 2.45) is 5.92 Å². The zero-order chi connectivity index (χ0) is 23.6. The van der Waals surface area contributed by atoms with Gasteiger partial charge < -0.3 is 20.5 Å². The van der Waals surface area contributed by atoms with Crippen molar-refractivity contribution in [2.75, 3.05) is 5.73 Å². The van der Waals surface area contributed by atoms with E-state index in [4.69, 9.17) is 15.9 Å². The molecular weight excluding hydrogens is 482 g/mol. The second-order valence-electron chi connectivity index (χ2n) is 9.26. The molecule has 2 unspecified atom stereocenters. The Morgan fingerprint density at radius 1 is 1.15 bits per heavy atom. The third kappa shape index (κ3) is 6.07. The number of hydrogen-bond acceptors (Lipinski definition) is 6. The van der Waals surface area contributed by atoms with E-state index < -0.39 is 5.79 Å². The summed E-state index contributed by atoms with van der Waals surface area (Å²) >= 11 is 3.74. The van der Waals surface area contributed by atoms with Gasteiger partial charge >= 0.3 is 0 Å². The molecule has 3 heterocycles. The van der Waals surface area contributed by atoms with Crippen LogP contribution >= 0.6 is 15.9 Å².